The van der Waals surface area contributed by atoms with E-state index < -0.39 is 6.10 Å². The Hall–Kier alpha value is -2.51. The molecule has 25 heavy (non-hydrogen) atoms. The number of hydrogen-bond donors (Lipinski definition) is 2. The number of rotatable bonds is 9. The molecule has 1 unspecified atom stereocenters. The third-order valence-electron chi connectivity index (χ3n) is 3.40. The molecular formula is C18H24N2O5. The first-order chi connectivity index (χ1) is 12.0. The van der Waals surface area contributed by atoms with Crippen molar-refractivity contribution in [3.8, 4) is 11.5 Å². The number of ether oxygens (including phenoxy) is 2. The molecule has 1 heterocycles. The van der Waals surface area contributed by atoms with Crippen LogP contribution in [0.15, 0.2) is 40.8 Å². The van der Waals surface area contributed by atoms with Crippen molar-refractivity contribution < 1.29 is 23.8 Å². The highest BCUT2D eigenvalue weighted by Gasteiger charge is 2.14. The Labute approximate surface area is 147 Å². The molecule has 2 rings (SSSR count). The van der Waals surface area contributed by atoms with Gasteiger partial charge in [-0.3, -0.25) is 4.79 Å². The zero-order valence-electron chi connectivity index (χ0n) is 14.7. The lowest BCUT2D eigenvalue weighted by atomic mass is 10.3. The summed E-state index contributed by atoms with van der Waals surface area (Å²) in [5.74, 6) is 1.54. The summed E-state index contributed by atoms with van der Waals surface area (Å²) in [6.07, 6.45) is -0.637. The van der Waals surface area contributed by atoms with Gasteiger partial charge in [-0.2, -0.15) is 0 Å². The van der Waals surface area contributed by atoms with E-state index in [2.05, 4.69) is 5.32 Å². The second-order valence-electron chi connectivity index (χ2n) is 5.83. The second kappa shape index (κ2) is 9.10. The standard InChI is InChI=1S/C18H24N2O5/c1-20(2)11-13(21)10-19-18(22)17-9-8-14(25-17)12-24-16-7-5-4-6-15(16)23-3/h4-9,13,21H,10-12H2,1-3H3,(H,19,22). The van der Waals surface area contributed by atoms with Crippen LogP contribution in [0.25, 0.3) is 0 Å². The predicted molar refractivity (Wildman–Crippen MR) is 92.9 cm³/mol. The third kappa shape index (κ3) is 5.81. The molecule has 0 saturated heterocycles. The van der Waals surface area contributed by atoms with E-state index >= 15 is 0 Å². The van der Waals surface area contributed by atoms with Crippen LogP contribution in [0.2, 0.25) is 0 Å². The monoisotopic (exact) mass is 348 g/mol. The van der Waals surface area contributed by atoms with Gasteiger partial charge in [-0.05, 0) is 38.4 Å². The minimum absolute atomic E-state index is 0.158. The van der Waals surface area contributed by atoms with E-state index in [1.807, 2.05) is 31.1 Å². The fourth-order valence-corrected chi connectivity index (χ4v) is 2.25. The van der Waals surface area contributed by atoms with E-state index in [-0.39, 0.29) is 24.8 Å². The van der Waals surface area contributed by atoms with Crippen LogP contribution in [0.3, 0.4) is 0 Å². The Morgan fingerprint density at radius 3 is 2.64 bits per heavy atom. The molecule has 0 spiro atoms. The van der Waals surface area contributed by atoms with Gasteiger partial charge in [-0.25, -0.2) is 0 Å². The molecule has 1 aromatic heterocycles. The van der Waals surface area contributed by atoms with Crippen LogP contribution >= 0.6 is 0 Å². The number of methoxy groups -OCH3 is 1. The summed E-state index contributed by atoms with van der Waals surface area (Å²) < 4.78 is 16.3. The number of carbonyl (C=O) groups is 1. The van der Waals surface area contributed by atoms with Gasteiger partial charge in [0, 0.05) is 13.1 Å². The van der Waals surface area contributed by atoms with E-state index in [1.165, 1.54) is 0 Å². The van der Waals surface area contributed by atoms with Crippen molar-refractivity contribution in [1.82, 2.24) is 10.2 Å². The Kier molecular flexibility index (Phi) is 6.85. The average molecular weight is 348 g/mol. The van der Waals surface area contributed by atoms with Crippen molar-refractivity contribution in [2.24, 2.45) is 0 Å². The van der Waals surface area contributed by atoms with Crippen molar-refractivity contribution in [1.29, 1.82) is 0 Å². The number of amides is 1. The highest BCUT2D eigenvalue weighted by molar-refractivity contribution is 5.91. The zero-order chi connectivity index (χ0) is 18.2. The summed E-state index contributed by atoms with van der Waals surface area (Å²) >= 11 is 0. The topological polar surface area (TPSA) is 84.2 Å². The molecule has 0 fully saturated rings. The molecule has 2 aromatic rings. The van der Waals surface area contributed by atoms with Gasteiger partial charge in [-0.15, -0.1) is 0 Å². The SMILES string of the molecule is COc1ccccc1OCc1ccc(C(=O)NCC(O)CN(C)C)o1. The fourth-order valence-electron chi connectivity index (χ4n) is 2.25. The first kappa shape index (κ1) is 18.8. The number of furan rings is 1. The summed E-state index contributed by atoms with van der Waals surface area (Å²) in [4.78, 5) is 13.9. The highest BCUT2D eigenvalue weighted by Crippen LogP contribution is 2.26. The molecular weight excluding hydrogens is 324 g/mol. The quantitative estimate of drug-likeness (QED) is 0.715. The number of benzene rings is 1. The van der Waals surface area contributed by atoms with E-state index in [9.17, 15) is 9.90 Å². The molecule has 0 aliphatic rings. The minimum Gasteiger partial charge on any atom is -0.493 e. The lowest BCUT2D eigenvalue weighted by Crippen LogP contribution is -2.37. The number of carbonyl (C=O) groups excluding carboxylic acids is 1. The Bertz CT molecular complexity index is 684. The molecule has 0 aliphatic carbocycles. The van der Waals surface area contributed by atoms with Gasteiger partial charge in [0.05, 0.1) is 13.2 Å². The molecule has 2 N–H and O–H groups in total. The van der Waals surface area contributed by atoms with Crippen LogP contribution in [0.1, 0.15) is 16.3 Å². The fraction of sp³-hybridized carbons (Fsp3) is 0.389. The van der Waals surface area contributed by atoms with E-state index in [0.29, 0.717) is 23.8 Å². The van der Waals surface area contributed by atoms with Crippen LogP contribution < -0.4 is 14.8 Å². The molecule has 136 valence electrons. The number of hydrogen-bond acceptors (Lipinski definition) is 6. The summed E-state index contributed by atoms with van der Waals surface area (Å²) in [5, 5.41) is 12.4. The highest BCUT2D eigenvalue weighted by atomic mass is 16.5. The summed E-state index contributed by atoms with van der Waals surface area (Å²) in [7, 11) is 5.28. The number of nitrogens with zero attached hydrogens (tertiary/aromatic N) is 1. The third-order valence-corrected chi connectivity index (χ3v) is 3.40. The lowest BCUT2D eigenvalue weighted by molar-refractivity contribution is 0.0862. The molecule has 0 saturated carbocycles. The van der Waals surface area contributed by atoms with E-state index in [4.69, 9.17) is 13.9 Å². The van der Waals surface area contributed by atoms with Gasteiger partial charge in [0.1, 0.15) is 12.4 Å². The van der Waals surface area contributed by atoms with Crippen LogP contribution in [-0.4, -0.2) is 56.3 Å². The Morgan fingerprint density at radius 2 is 1.96 bits per heavy atom. The van der Waals surface area contributed by atoms with Crippen molar-refractivity contribution in [2.45, 2.75) is 12.7 Å². The summed E-state index contributed by atoms with van der Waals surface area (Å²) in [6, 6.07) is 10.6. The number of nitrogens with one attached hydrogen (secondary N) is 1. The predicted octanol–water partition coefficient (Wildman–Crippen LogP) is 1.52. The molecule has 0 aliphatic heterocycles. The Morgan fingerprint density at radius 1 is 1.24 bits per heavy atom. The zero-order valence-corrected chi connectivity index (χ0v) is 14.7. The number of para-hydroxylation sites is 2. The number of aliphatic hydroxyl groups excluding tert-OH is 1. The van der Waals surface area contributed by atoms with Crippen LogP contribution in [0.5, 0.6) is 11.5 Å². The maximum absolute atomic E-state index is 12.0. The second-order valence-corrected chi connectivity index (χ2v) is 5.83. The minimum atomic E-state index is -0.637. The summed E-state index contributed by atoms with van der Waals surface area (Å²) in [6.45, 7) is 0.804. The molecule has 1 amide bonds. The van der Waals surface area contributed by atoms with E-state index in [0.717, 1.165) is 0 Å². The van der Waals surface area contributed by atoms with Crippen LogP contribution in [0, 0.1) is 0 Å². The van der Waals surface area contributed by atoms with Gasteiger partial charge in [0.25, 0.3) is 5.91 Å². The first-order valence-electron chi connectivity index (χ1n) is 7.95. The molecule has 1 atom stereocenters. The van der Waals surface area contributed by atoms with E-state index in [1.54, 1.807) is 31.4 Å². The van der Waals surface area contributed by atoms with Gasteiger partial charge in [0.15, 0.2) is 17.3 Å². The largest absolute Gasteiger partial charge is 0.493 e. The van der Waals surface area contributed by atoms with Crippen LogP contribution in [0.4, 0.5) is 0 Å². The van der Waals surface area contributed by atoms with Crippen molar-refractivity contribution in [3.63, 3.8) is 0 Å². The Balaban J connectivity index is 1.86. The molecule has 0 radical (unpaired) electrons. The molecule has 7 heteroatoms. The molecule has 1 aromatic carbocycles. The van der Waals surface area contributed by atoms with Crippen molar-refractivity contribution in [3.05, 3.63) is 47.9 Å². The van der Waals surface area contributed by atoms with Gasteiger partial charge >= 0.3 is 0 Å². The maximum atomic E-state index is 12.0. The van der Waals surface area contributed by atoms with Gasteiger partial charge in [0.2, 0.25) is 0 Å². The smallest absolute Gasteiger partial charge is 0.287 e. The van der Waals surface area contributed by atoms with Crippen molar-refractivity contribution >= 4 is 5.91 Å². The van der Waals surface area contributed by atoms with Gasteiger partial charge in [-0.1, -0.05) is 12.1 Å². The average Bonchev–Trinajstić information content (AvgIpc) is 3.06. The maximum Gasteiger partial charge on any atom is 0.287 e. The number of likely N-dealkylation sites (N-methyl/N-ethyl adjacent to an activating group) is 1. The first-order valence-corrected chi connectivity index (χ1v) is 7.95. The number of aliphatic hydroxyl groups is 1. The lowest BCUT2D eigenvalue weighted by Gasteiger charge is -2.15. The molecule has 0 bridgehead atoms. The normalized spacial score (nSPS) is 12.0. The van der Waals surface area contributed by atoms with Crippen LogP contribution in [-0.2, 0) is 6.61 Å². The molecule has 7 nitrogen and oxygen atoms in total. The summed E-state index contributed by atoms with van der Waals surface area (Å²) in [5.41, 5.74) is 0. The van der Waals surface area contributed by atoms with Gasteiger partial charge < -0.3 is 29.2 Å². The van der Waals surface area contributed by atoms with Crippen molar-refractivity contribution in [2.75, 3.05) is 34.3 Å².